The molecule has 22 heavy (non-hydrogen) atoms. The van der Waals surface area contributed by atoms with E-state index < -0.39 is 15.8 Å². The molecule has 0 saturated heterocycles. The molecule has 1 amide bonds. The fourth-order valence-electron chi connectivity index (χ4n) is 2.51. The van der Waals surface area contributed by atoms with Crippen LogP contribution in [0.25, 0.3) is 0 Å². The molecule has 0 bridgehead atoms. The fourth-order valence-corrected chi connectivity index (χ4v) is 4.01. The molecule has 0 aliphatic heterocycles. The number of aromatic carboxylic acids is 1. The molecule has 1 aromatic carbocycles. The lowest BCUT2D eigenvalue weighted by atomic mass is 10.0. The molecule has 0 aromatic heterocycles. The molecule has 7 heteroatoms. The standard InChI is InChI=1S/C15H19NO5S/c1-22(20,21)10-15(6-7-15)9-16-13(17)8-11-4-2-3-5-12(11)14(18)19/h2-5H,6-10H2,1H3,(H,16,17)(H,18,19). The van der Waals surface area contributed by atoms with Gasteiger partial charge in [0.15, 0.2) is 0 Å². The van der Waals surface area contributed by atoms with Crippen LogP contribution in [0, 0.1) is 5.41 Å². The summed E-state index contributed by atoms with van der Waals surface area (Å²) in [6.07, 6.45) is 2.73. The van der Waals surface area contributed by atoms with Crippen LogP contribution in [0.3, 0.4) is 0 Å². The van der Waals surface area contributed by atoms with Gasteiger partial charge in [-0.3, -0.25) is 4.79 Å². The Morgan fingerprint density at radius 2 is 1.91 bits per heavy atom. The summed E-state index contributed by atoms with van der Waals surface area (Å²) in [6.45, 7) is 0.314. The molecule has 0 atom stereocenters. The number of carbonyl (C=O) groups is 2. The molecule has 6 nitrogen and oxygen atoms in total. The lowest BCUT2D eigenvalue weighted by molar-refractivity contribution is -0.120. The van der Waals surface area contributed by atoms with Gasteiger partial charge >= 0.3 is 5.97 Å². The molecule has 1 aliphatic rings. The minimum Gasteiger partial charge on any atom is -0.478 e. The first-order valence-electron chi connectivity index (χ1n) is 6.96. The number of amides is 1. The summed E-state index contributed by atoms with van der Waals surface area (Å²) in [5.41, 5.74) is 0.214. The van der Waals surface area contributed by atoms with Crippen LogP contribution in [0.2, 0.25) is 0 Å². The van der Waals surface area contributed by atoms with Crippen LogP contribution < -0.4 is 5.32 Å². The first-order valence-corrected chi connectivity index (χ1v) is 9.02. The van der Waals surface area contributed by atoms with E-state index >= 15 is 0 Å². The summed E-state index contributed by atoms with van der Waals surface area (Å²) in [4.78, 5) is 23.1. The van der Waals surface area contributed by atoms with Crippen molar-refractivity contribution in [3.8, 4) is 0 Å². The summed E-state index contributed by atoms with van der Waals surface area (Å²) in [5.74, 6) is -1.29. The molecule has 0 heterocycles. The molecule has 120 valence electrons. The SMILES string of the molecule is CS(=O)(=O)CC1(CNC(=O)Cc2ccccc2C(=O)O)CC1. The molecule has 0 unspecified atom stereocenters. The Morgan fingerprint density at radius 3 is 2.45 bits per heavy atom. The minimum absolute atomic E-state index is 0.0303. The third-order valence-electron chi connectivity index (χ3n) is 3.78. The second-order valence-electron chi connectivity index (χ2n) is 5.99. The number of carboxylic acids is 1. The van der Waals surface area contributed by atoms with Crippen molar-refractivity contribution >= 4 is 21.7 Å². The molecule has 1 aromatic rings. The van der Waals surface area contributed by atoms with E-state index in [9.17, 15) is 18.0 Å². The van der Waals surface area contributed by atoms with Gasteiger partial charge in [0, 0.05) is 18.2 Å². The van der Waals surface area contributed by atoms with Gasteiger partial charge in [0.25, 0.3) is 0 Å². The van der Waals surface area contributed by atoms with E-state index in [1.807, 2.05) is 0 Å². The van der Waals surface area contributed by atoms with Crippen molar-refractivity contribution < 1.29 is 23.1 Å². The number of benzene rings is 1. The molecule has 2 N–H and O–H groups in total. The maximum Gasteiger partial charge on any atom is 0.335 e. The van der Waals surface area contributed by atoms with Gasteiger partial charge in [-0.25, -0.2) is 13.2 Å². The highest BCUT2D eigenvalue weighted by molar-refractivity contribution is 7.90. The van der Waals surface area contributed by atoms with Gasteiger partial charge in [-0.2, -0.15) is 0 Å². The number of sulfone groups is 1. The van der Waals surface area contributed by atoms with Crippen molar-refractivity contribution in [2.24, 2.45) is 5.41 Å². The quantitative estimate of drug-likeness (QED) is 0.774. The Labute approximate surface area is 129 Å². The zero-order chi connectivity index (χ0) is 16.4. The van der Waals surface area contributed by atoms with E-state index in [1.54, 1.807) is 18.2 Å². The molecular formula is C15H19NO5S. The van der Waals surface area contributed by atoms with E-state index in [-0.39, 0.29) is 29.1 Å². The van der Waals surface area contributed by atoms with Crippen molar-refractivity contribution in [3.63, 3.8) is 0 Å². The average Bonchev–Trinajstić information content (AvgIpc) is 3.15. The predicted octanol–water partition coefficient (Wildman–Crippen LogP) is 0.868. The normalized spacial score (nSPS) is 16.0. The lowest BCUT2D eigenvalue weighted by Crippen LogP contribution is -2.34. The van der Waals surface area contributed by atoms with Gasteiger partial charge in [-0.15, -0.1) is 0 Å². The highest BCUT2D eigenvalue weighted by Gasteiger charge is 2.45. The minimum atomic E-state index is -3.07. The van der Waals surface area contributed by atoms with Crippen LogP contribution in [0.15, 0.2) is 24.3 Å². The molecule has 1 aliphatic carbocycles. The average molecular weight is 325 g/mol. The molecule has 0 radical (unpaired) electrons. The van der Waals surface area contributed by atoms with Gasteiger partial charge in [-0.05, 0) is 24.5 Å². The van der Waals surface area contributed by atoms with E-state index in [0.717, 1.165) is 12.8 Å². The Kier molecular flexibility index (Phi) is 4.55. The Balaban J connectivity index is 1.93. The topological polar surface area (TPSA) is 101 Å². The lowest BCUT2D eigenvalue weighted by Gasteiger charge is -2.15. The van der Waals surface area contributed by atoms with E-state index in [1.165, 1.54) is 12.3 Å². The van der Waals surface area contributed by atoms with E-state index in [4.69, 9.17) is 5.11 Å². The van der Waals surface area contributed by atoms with Crippen molar-refractivity contribution in [1.82, 2.24) is 5.32 Å². The third kappa shape index (κ3) is 4.56. The van der Waals surface area contributed by atoms with Crippen LogP contribution in [0.1, 0.15) is 28.8 Å². The van der Waals surface area contributed by atoms with Crippen LogP contribution in [0.4, 0.5) is 0 Å². The summed E-state index contributed by atoms with van der Waals surface area (Å²) in [7, 11) is -3.07. The highest BCUT2D eigenvalue weighted by Crippen LogP contribution is 2.46. The van der Waals surface area contributed by atoms with Gasteiger partial charge in [0.1, 0.15) is 9.84 Å². The maximum absolute atomic E-state index is 12.0. The largest absolute Gasteiger partial charge is 0.478 e. The Morgan fingerprint density at radius 1 is 1.27 bits per heavy atom. The number of hydrogen-bond acceptors (Lipinski definition) is 4. The summed E-state index contributed by atoms with van der Waals surface area (Å²) in [6, 6.07) is 6.35. The zero-order valence-electron chi connectivity index (χ0n) is 12.3. The van der Waals surface area contributed by atoms with Crippen molar-refractivity contribution in [2.45, 2.75) is 19.3 Å². The summed E-state index contributed by atoms with van der Waals surface area (Å²) in [5, 5.41) is 11.8. The maximum atomic E-state index is 12.0. The number of nitrogens with one attached hydrogen (secondary N) is 1. The van der Waals surface area contributed by atoms with Crippen LogP contribution >= 0.6 is 0 Å². The van der Waals surface area contributed by atoms with E-state index in [0.29, 0.717) is 12.1 Å². The van der Waals surface area contributed by atoms with Gasteiger partial charge in [-0.1, -0.05) is 18.2 Å². The molecule has 1 saturated carbocycles. The second-order valence-corrected chi connectivity index (χ2v) is 8.13. The van der Waals surface area contributed by atoms with Crippen LogP contribution in [-0.2, 0) is 21.1 Å². The smallest absolute Gasteiger partial charge is 0.335 e. The number of carbonyl (C=O) groups excluding carboxylic acids is 1. The van der Waals surface area contributed by atoms with Crippen molar-refractivity contribution in [3.05, 3.63) is 35.4 Å². The first kappa shape index (κ1) is 16.5. The van der Waals surface area contributed by atoms with Gasteiger partial charge in [0.05, 0.1) is 17.7 Å². The number of hydrogen-bond donors (Lipinski definition) is 2. The first-order chi connectivity index (χ1) is 10.2. The van der Waals surface area contributed by atoms with Crippen molar-refractivity contribution in [1.29, 1.82) is 0 Å². The van der Waals surface area contributed by atoms with E-state index in [2.05, 4.69) is 5.32 Å². The van der Waals surface area contributed by atoms with Crippen LogP contribution in [0.5, 0.6) is 0 Å². The second kappa shape index (κ2) is 6.08. The van der Waals surface area contributed by atoms with Gasteiger partial charge in [0.2, 0.25) is 5.91 Å². The molecule has 0 spiro atoms. The number of carboxylic acid groups (broad SMARTS) is 1. The Hall–Kier alpha value is -1.89. The highest BCUT2D eigenvalue weighted by atomic mass is 32.2. The number of rotatable bonds is 7. The monoisotopic (exact) mass is 325 g/mol. The molecule has 2 rings (SSSR count). The van der Waals surface area contributed by atoms with Crippen molar-refractivity contribution in [2.75, 3.05) is 18.6 Å². The summed E-state index contributed by atoms with van der Waals surface area (Å²) < 4.78 is 22.7. The van der Waals surface area contributed by atoms with Crippen LogP contribution in [-0.4, -0.2) is 44.0 Å². The molecular weight excluding hydrogens is 306 g/mol. The predicted molar refractivity (Wildman–Crippen MR) is 81.5 cm³/mol. The fraction of sp³-hybridized carbons (Fsp3) is 0.467. The Bertz CT molecular complexity index is 692. The summed E-state index contributed by atoms with van der Waals surface area (Å²) >= 11 is 0. The third-order valence-corrected chi connectivity index (χ3v) is 4.92. The molecule has 1 fully saturated rings. The zero-order valence-corrected chi connectivity index (χ0v) is 13.1. The van der Waals surface area contributed by atoms with Gasteiger partial charge < -0.3 is 10.4 Å².